The van der Waals surface area contributed by atoms with Crippen molar-refractivity contribution in [3.63, 3.8) is 0 Å². The minimum absolute atomic E-state index is 0.0652. The van der Waals surface area contributed by atoms with Gasteiger partial charge in [-0.3, -0.25) is 14.4 Å². The summed E-state index contributed by atoms with van der Waals surface area (Å²) in [7, 11) is 0. The monoisotopic (exact) mass is 1030 g/mol. The van der Waals surface area contributed by atoms with E-state index in [1.165, 1.54) is 263 Å². The van der Waals surface area contributed by atoms with Gasteiger partial charge in [0.25, 0.3) is 0 Å². The lowest BCUT2D eigenvalue weighted by Crippen LogP contribution is -2.30. The highest BCUT2D eigenvalue weighted by molar-refractivity contribution is 5.71. The topological polar surface area (TPSA) is 78.9 Å². The molecule has 0 fully saturated rings. The third kappa shape index (κ3) is 60.6. The number of allylic oxidation sites excluding steroid dienone is 4. The fourth-order valence-electron chi connectivity index (χ4n) is 10.0. The van der Waals surface area contributed by atoms with Crippen LogP contribution in [0.15, 0.2) is 24.3 Å². The average Bonchev–Trinajstić information content (AvgIpc) is 3.39. The van der Waals surface area contributed by atoms with Gasteiger partial charge in [0.15, 0.2) is 6.10 Å². The summed E-state index contributed by atoms with van der Waals surface area (Å²) in [6.07, 6.45) is 75.1. The maximum Gasteiger partial charge on any atom is 0.306 e. The summed E-state index contributed by atoms with van der Waals surface area (Å²) in [6.45, 7) is 6.65. The van der Waals surface area contributed by atoms with E-state index in [0.29, 0.717) is 19.3 Å². The van der Waals surface area contributed by atoms with E-state index in [4.69, 9.17) is 14.2 Å². The largest absolute Gasteiger partial charge is 0.462 e. The Morgan fingerprint density at radius 3 is 0.753 bits per heavy atom. The molecule has 0 aliphatic heterocycles. The molecule has 6 heteroatoms. The molecule has 0 aromatic heterocycles. The van der Waals surface area contributed by atoms with Gasteiger partial charge in [-0.05, 0) is 51.4 Å². The standard InChI is InChI=1S/C67H126O6/c1-4-7-10-13-16-18-20-22-24-26-28-30-31-32-33-34-35-37-38-40-42-44-46-48-51-54-57-60-66(69)72-63-64(62-71-65(68)59-56-53-50-15-12-9-6-3)73-67(70)61-58-55-52-49-47-45-43-41-39-36-29-27-25-23-21-19-17-14-11-8-5-2/h20,22,26,28,64H,4-19,21,23-25,27,29-63H2,1-3H3/b22-20-,28-26-. The predicted octanol–water partition coefficient (Wildman–Crippen LogP) is 22.2. The van der Waals surface area contributed by atoms with E-state index < -0.39 is 6.10 Å². The second-order valence-corrected chi connectivity index (χ2v) is 22.4. The predicted molar refractivity (Wildman–Crippen MR) is 316 cm³/mol. The third-order valence-electron chi connectivity index (χ3n) is 15.0. The molecule has 0 N–H and O–H groups in total. The number of carbonyl (C=O) groups excluding carboxylic acids is 3. The number of rotatable bonds is 61. The number of hydrogen-bond donors (Lipinski definition) is 0. The van der Waals surface area contributed by atoms with Gasteiger partial charge in [-0.15, -0.1) is 0 Å². The molecule has 0 aromatic carbocycles. The molecular weight excluding hydrogens is 901 g/mol. The summed E-state index contributed by atoms with van der Waals surface area (Å²) in [5.41, 5.74) is 0. The van der Waals surface area contributed by atoms with Gasteiger partial charge in [0.05, 0.1) is 0 Å². The smallest absolute Gasteiger partial charge is 0.306 e. The van der Waals surface area contributed by atoms with E-state index in [1.54, 1.807) is 0 Å². The van der Waals surface area contributed by atoms with Crippen LogP contribution in [0.5, 0.6) is 0 Å². The minimum atomic E-state index is -0.765. The Morgan fingerprint density at radius 2 is 0.493 bits per heavy atom. The van der Waals surface area contributed by atoms with Crippen LogP contribution in [-0.2, 0) is 28.6 Å². The van der Waals surface area contributed by atoms with E-state index in [0.717, 1.165) is 64.2 Å². The van der Waals surface area contributed by atoms with Gasteiger partial charge in [-0.1, -0.05) is 321 Å². The zero-order chi connectivity index (χ0) is 52.9. The van der Waals surface area contributed by atoms with Crippen molar-refractivity contribution < 1.29 is 28.6 Å². The van der Waals surface area contributed by atoms with Crippen LogP contribution < -0.4 is 0 Å². The van der Waals surface area contributed by atoms with Gasteiger partial charge in [-0.2, -0.15) is 0 Å². The molecule has 0 saturated heterocycles. The Labute approximate surface area is 455 Å². The molecule has 0 amide bonds. The molecule has 0 aromatic rings. The summed E-state index contributed by atoms with van der Waals surface area (Å²) in [5.74, 6) is -0.846. The van der Waals surface area contributed by atoms with Crippen molar-refractivity contribution in [2.24, 2.45) is 0 Å². The van der Waals surface area contributed by atoms with E-state index in [-0.39, 0.29) is 31.1 Å². The number of hydrogen-bond acceptors (Lipinski definition) is 6. The molecule has 6 nitrogen and oxygen atoms in total. The molecule has 1 unspecified atom stereocenters. The van der Waals surface area contributed by atoms with Crippen LogP contribution in [0.4, 0.5) is 0 Å². The van der Waals surface area contributed by atoms with Crippen LogP contribution in [0, 0.1) is 0 Å². The number of unbranched alkanes of at least 4 members (excludes halogenated alkanes) is 46. The van der Waals surface area contributed by atoms with Gasteiger partial charge >= 0.3 is 17.9 Å². The number of ether oxygens (including phenoxy) is 3. The van der Waals surface area contributed by atoms with Crippen LogP contribution in [-0.4, -0.2) is 37.2 Å². The molecule has 0 bridgehead atoms. The van der Waals surface area contributed by atoms with Crippen LogP contribution in [0.1, 0.15) is 367 Å². The zero-order valence-electron chi connectivity index (χ0n) is 49.4. The second kappa shape index (κ2) is 62.4. The number of esters is 3. The molecule has 0 aliphatic carbocycles. The van der Waals surface area contributed by atoms with Crippen molar-refractivity contribution in [3.05, 3.63) is 24.3 Å². The third-order valence-corrected chi connectivity index (χ3v) is 15.0. The van der Waals surface area contributed by atoms with E-state index in [2.05, 4.69) is 45.1 Å². The van der Waals surface area contributed by atoms with Gasteiger partial charge in [0, 0.05) is 19.3 Å². The first-order valence-corrected chi connectivity index (χ1v) is 32.8. The highest BCUT2D eigenvalue weighted by Gasteiger charge is 2.19. The highest BCUT2D eigenvalue weighted by atomic mass is 16.6. The Kier molecular flexibility index (Phi) is 60.6. The zero-order valence-corrected chi connectivity index (χ0v) is 49.4. The SMILES string of the molecule is CCCCCCC/C=C\C/C=C\CCCCCCCCCCCCCCCCCC(=O)OCC(COC(=O)CCCCCCCCC)OC(=O)CCCCCCCCCCCCCCCCCCCCCCC. The van der Waals surface area contributed by atoms with Crippen molar-refractivity contribution >= 4 is 17.9 Å². The van der Waals surface area contributed by atoms with E-state index in [9.17, 15) is 14.4 Å². The molecule has 0 spiro atoms. The molecule has 0 heterocycles. The first-order chi connectivity index (χ1) is 36.0. The quantitative estimate of drug-likeness (QED) is 0.0261. The highest BCUT2D eigenvalue weighted by Crippen LogP contribution is 2.18. The maximum atomic E-state index is 12.9. The Balaban J connectivity index is 4.05. The molecule has 73 heavy (non-hydrogen) atoms. The Hall–Kier alpha value is -2.11. The fraction of sp³-hybridized carbons (Fsp3) is 0.896. The van der Waals surface area contributed by atoms with Crippen LogP contribution >= 0.6 is 0 Å². The molecule has 1 atom stereocenters. The Morgan fingerprint density at radius 1 is 0.274 bits per heavy atom. The Bertz CT molecular complexity index is 1180. The van der Waals surface area contributed by atoms with Crippen LogP contribution in [0.2, 0.25) is 0 Å². The van der Waals surface area contributed by atoms with Crippen molar-refractivity contribution in [3.8, 4) is 0 Å². The minimum Gasteiger partial charge on any atom is -0.462 e. The summed E-state index contributed by atoms with van der Waals surface area (Å²) in [5, 5.41) is 0. The molecule has 0 aliphatic rings. The van der Waals surface area contributed by atoms with Gasteiger partial charge in [0.2, 0.25) is 0 Å². The molecule has 0 saturated carbocycles. The molecule has 0 radical (unpaired) electrons. The second-order valence-electron chi connectivity index (χ2n) is 22.4. The van der Waals surface area contributed by atoms with Crippen LogP contribution in [0.3, 0.4) is 0 Å². The lowest BCUT2D eigenvalue weighted by Gasteiger charge is -2.18. The van der Waals surface area contributed by atoms with Crippen molar-refractivity contribution in [1.82, 2.24) is 0 Å². The lowest BCUT2D eigenvalue weighted by atomic mass is 10.0. The normalized spacial score (nSPS) is 12.1. The van der Waals surface area contributed by atoms with E-state index >= 15 is 0 Å². The molecule has 0 rings (SSSR count). The van der Waals surface area contributed by atoms with Gasteiger partial charge < -0.3 is 14.2 Å². The first-order valence-electron chi connectivity index (χ1n) is 32.8. The van der Waals surface area contributed by atoms with Crippen molar-refractivity contribution in [2.75, 3.05) is 13.2 Å². The first kappa shape index (κ1) is 70.9. The van der Waals surface area contributed by atoms with Crippen LogP contribution in [0.25, 0.3) is 0 Å². The van der Waals surface area contributed by atoms with E-state index in [1.807, 2.05) is 0 Å². The average molecular weight is 1030 g/mol. The lowest BCUT2D eigenvalue weighted by molar-refractivity contribution is -0.167. The van der Waals surface area contributed by atoms with Gasteiger partial charge in [-0.25, -0.2) is 0 Å². The van der Waals surface area contributed by atoms with Crippen molar-refractivity contribution in [1.29, 1.82) is 0 Å². The summed E-state index contributed by atoms with van der Waals surface area (Å²) >= 11 is 0. The fourth-order valence-corrected chi connectivity index (χ4v) is 10.0. The summed E-state index contributed by atoms with van der Waals surface area (Å²) in [4.78, 5) is 38.1. The molecule has 430 valence electrons. The number of carbonyl (C=O) groups is 3. The van der Waals surface area contributed by atoms with Gasteiger partial charge in [0.1, 0.15) is 13.2 Å². The summed E-state index contributed by atoms with van der Waals surface area (Å²) in [6, 6.07) is 0. The van der Waals surface area contributed by atoms with Crippen molar-refractivity contribution in [2.45, 2.75) is 374 Å². The maximum absolute atomic E-state index is 12.9. The summed E-state index contributed by atoms with van der Waals surface area (Å²) < 4.78 is 16.9. The molecular formula is C67H126O6.